The fourth-order valence-corrected chi connectivity index (χ4v) is 2.09. The number of rotatable bonds is 4. The van der Waals surface area contributed by atoms with Crippen LogP contribution in [0.15, 0.2) is 0 Å². The molecule has 1 amide bonds. The predicted octanol–water partition coefficient (Wildman–Crippen LogP) is -0.770. The Morgan fingerprint density at radius 1 is 1.29 bits per heavy atom. The van der Waals surface area contributed by atoms with Crippen molar-refractivity contribution in [3.63, 3.8) is 0 Å². The Kier molecular flexibility index (Phi) is 4.41. The molecule has 2 heterocycles. The number of ether oxygens (including phenoxy) is 3. The number of anilines is 1. The van der Waals surface area contributed by atoms with Crippen LogP contribution in [-0.2, 0) is 9.53 Å². The molecule has 1 aromatic heterocycles. The maximum atomic E-state index is 11.9. The third kappa shape index (κ3) is 3.13. The lowest BCUT2D eigenvalue weighted by molar-refractivity contribution is -0.145. The maximum Gasteiger partial charge on any atom is 0.324 e. The third-order valence-corrected chi connectivity index (χ3v) is 3.21. The number of hydrogen-bond acceptors (Lipinski definition) is 8. The first kappa shape index (κ1) is 15.2. The molecule has 1 atom stereocenters. The smallest absolute Gasteiger partial charge is 0.324 e. The Hall–Kier alpha value is -2.16. The summed E-state index contributed by atoms with van der Waals surface area (Å²) in [5.74, 6) is 0.192. The molecule has 21 heavy (non-hydrogen) atoms. The van der Waals surface area contributed by atoms with E-state index in [0.29, 0.717) is 25.6 Å². The van der Waals surface area contributed by atoms with Crippen LogP contribution in [0.4, 0.5) is 5.95 Å². The van der Waals surface area contributed by atoms with Gasteiger partial charge in [-0.1, -0.05) is 0 Å². The molecule has 9 nitrogen and oxygen atoms in total. The van der Waals surface area contributed by atoms with Gasteiger partial charge in [-0.15, -0.1) is 4.98 Å². The monoisotopic (exact) mass is 297 g/mol. The number of morpholine rings is 1. The van der Waals surface area contributed by atoms with Gasteiger partial charge in [0.25, 0.3) is 5.91 Å². The van der Waals surface area contributed by atoms with Gasteiger partial charge >= 0.3 is 12.0 Å². The normalized spacial score (nSPS) is 21.8. The lowest BCUT2D eigenvalue weighted by Gasteiger charge is -2.38. The van der Waals surface area contributed by atoms with E-state index >= 15 is 0 Å². The molecule has 116 valence electrons. The minimum atomic E-state index is -0.958. The van der Waals surface area contributed by atoms with Crippen LogP contribution in [-0.4, -0.2) is 67.4 Å². The zero-order valence-corrected chi connectivity index (χ0v) is 12.5. The molecular weight excluding hydrogens is 278 g/mol. The topological polar surface area (TPSA) is 98.7 Å². The summed E-state index contributed by atoms with van der Waals surface area (Å²) >= 11 is 0. The van der Waals surface area contributed by atoms with E-state index in [9.17, 15) is 4.79 Å². The van der Waals surface area contributed by atoms with Gasteiger partial charge in [-0.2, -0.15) is 9.97 Å². The molecule has 1 aliphatic rings. The van der Waals surface area contributed by atoms with Crippen molar-refractivity contribution in [2.24, 2.45) is 0 Å². The highest BCUT2D eigenvalue weighted by Gasteiger charge is 2.39. The van der Waals surface area contributed by atoms with Gasteiger partial charge in [-0.3, -0.25) is 4.79 Å². The van der Waals surface area contributed by atoms with E-state index in [4.69, 9.17) is 14.2 Å². The fraction of sp³-hybridized carbons (Fsp3) is 0.667. The first-order valence-electron chi connectivity index (χ1n) is 6.47. The summed E-state index contributed by atoms with van der Waals surface area (Å²) in [7, 11) is 4.50. The highest BCUT2D eigenvalue weighted by Crippen LogP contribution is 2.23. The first-order valence-corrected chi connectivity index (χ1v) is 6.47. The molecule has 1 N–H and O–H groups in total. The van der Waals surface area contributed by atoms with Crippen molar-refractivity contribution in [2.75, 3.05) is 45.9 Å². The molecule has 0 saturated carbocycles. The zero-order valence-electron chi connectivity index (χ0n) is 12.5. The van der Waals surface area contributed by atoms with Gasteiger partial charge in [0.2, 0.25) is 5.95 Å². The molecule has 0 spiro atoms. The molecule has 1 aromatic rings. The number of hydrogen-bond donors (Lipinski definition) is 1. The summed E-state index contributed by atoms with van der Waals surface area (Å²) in [6.07, 6.45) is 0. The van der Waals surface area contributed by atoms with Crippen LogP contribution in [0.5, 0.6) is 12.0 Å². The van der Waals surface area contributed by atoms with Crippen LogP contribution in [0.2, 0.25) is 0 Å². The summed E-state index contributed by atoms with van der Waals surface area (Å²) in [6, 6.07) is 0.315. The molecule has 1 unspecified atom stereocenters. The van der Waals surface area contributed by atoms with E-state index in [1.54, 1.807) is 14.0 Å². The second-order valence-electron chi connectivity index (χ2n) is 4.69. The molecule has 0 radical (unpaired) electrons. The minimum Gasteiger partial charge on any atom is -0.467 e. The fourth-order valence-electron chi connectivity index (χ4n) is 2.09. The largest absolute Gasteiger partial charge is 0.467 e. The number of nitrogens with zero attached hydrogens (tertiary/aromatic N) is 4. The van der Waals surface area contributed by atoms with Crippen LogP contribution in [0, 0.1) is 0 Å². The van der Waals surface area contributed by atoms with Crippen molar-refractivity contribution < 1.29 is 19.0 Å². The van der Waals surface area contributed by atoms with E-state index < -0.39 is 5.60 Å². The Bertz CT molecular complexity index is 504. The van der Waals surface area contributed by atoms with Crippen molar-refractivity contribution in [3.8, 4) is 12.0 Å². The number of nitrogens with one attached hydrogen (secondary N) is 1. The van der Waals surface area contributed by atoms with Gasteiger partial charge < -0.3 is 24.4 Å². The Labute approximate surface area is 122 Å². The average molecular weight is 297 g/mol. The number of methoxy groups -OCH3 is 2. The number of amides is 1. The van der Waals surface area contributed by atoms with Gasteiger partial charge in [0.15, 0.2) is 5.60 Å². The van der Waals surface area contributed by atoms with Crippen LogP contribution < -0.4 is 19.7 Å². The van der Waals surface area contributed by atoms with Crippen LogP contribution in [0.25, 0.3) is 0 Å². The van der Waals surface area contributed by atoms with Gasteiger partial charge in [-0.25, -0.2) is 0 Å². The quantitative estimate of drug-likeness (QED) is 0.773. The van der Waals surface area contributed by atoms with Gasteiger partial charge in [0, 0.05) is 13.6 Å². The Morgan fingerprint density at radius 2 is 1.90 bits per heavy atom. The van der Waals surface area contributed by atoms with Crippen molar-refractivity contribution in [2.45, 2.75) is 12.5 Å². The molecule has 2 rings (SSSR count). The van der Waals surface area contributed by atoms with Gasteiger partial charge in [0.05, 0.1) is 27.4 Å². The molecular formula is C12H19N5O4. The second-order valence-corrected chi connectivity index (χ2v) is 4.69. The van der Waals surface area contributed by atoms with E-state index in [-0.39, 0.29) is 17.9 Å². The van der Waals surface area contributed by atoms with Gasteiger partial charge in [-0.05, 0) is 6.92 Å². The van der Waals surface area contributed by atoms with Crippen LogP contribution in [0.3, 0.4) is 0 Å². The average Bonchev–Trinajstić information content (AvgIpc) is 2.53. The van der Waals surface area contributed by atoms with E-state index in [2.05, 4.69) is 20.3 Å². The number of aromatic nitrogens is 3. The predicted molar refractivity (Wildman–Crippen MR) is 73.6 cm³/mol. The standard InChI is InChI=1S/C12H19N5O4/c1-12(8(18)13-2)7-17(5-6-21-12)9-14-10(19-3)16-11(15-9)20-4/h5-7H2,1-4H3,(H,13,18). The Balaban J connectivity index is 2.27. The minimum absolute atomic E-state index is 0.157. The molecule has 9 heteroatoms. The highest BCUT2D eigenvalue weighted by atomic mass is 16.5. The zero-order chi connectivity index (χ0) is 15.5. The van der Waals surface area contributed by atoms with Crippen molar-refractivity contribution in [1.82, 2.24) is 20.3 Å². The van der Waals surface area contributed by atoms with Gasteiger partial charge in [0.1, 0.15) is 0 Å². The number of likely N-dealkylation sites (N-methyl/N-ethyl adjacent to an activating group) is 1. The molecule has 1 saturated heterocycles. The maximum absolute atomic E-state index is 11.9. The third-order valence-electron chi connectivity index (χ3n) is 3.21. The lowest BCUT2D eigenvalue weighted by atomic mass is 10.0. The van der Waals surface area contributed by atoms with Crippen molar-refractivity contribution in [3.05, 3.63) is 0 Å². The second kappa shape index (κ2) is 6.08. The molecule has 1 fully saturated rings. The summed E-state index contributed by atoms with van der Waals surface area (Å²) in [4.78, 5) is 26.1. The molecule has 0 aromatic carbocycles. The summed E-state index contributed by atoms with van der Waals surface area (Å²) in [6.45, 7) is 3.00. The highest BCUT2D eigenvalue weighted by molar-refractivity contribution is 5.85. The van der Waals surface area contributed by atoms with E-state index in [1.165, 1.54) is 14.2 Å². The summed E-state index contributed by atoms with van der Waals surface area (Å²) in [5, 5.41) is 2.60. The summed E-state index contributed by atoms with van der Waals surface area (Å²) in [5.41, 5.74) is -0.958. The Morgan fingerprint density at radius 3 is 2.43 bits per heavy atom. The first-order chi connectivity index (χ1) is 10.0. The van der Waals surface area contributed by atoms with Crippen LogP contribution >= 0.6 is 0 Å². The number of carbonyl (C=O) groups excluding carboxylic acids is 1. The number of carbonyl (C=O) groups is 1. The summed E-state index contributed by atoms with van der Waals surface area (Å²) < 4.78 is 15.7. The van der Waals surface area contributed by atoms with E-state index in [0.717, 1.165) is 0 Å². The van der Waals surface area contributed by atoms with Crippen molar-refractivity contribution in [1.29, 1.82) is 0 Å². The SMILES string of the molecule is CNC(=O)C1(C)CN(c2nc(OC)nc(OC)n2)CCO1. The molecule has 0 aliphatic carbocycles. The van der Waals surface area contributed by atoms with Crippen LogP contribution in [0.1, 0.15) is 6.92 Å². The van der Waals surface area contributed by atoms with E-state index in [1.807, 2.05) is 4.90 Å². The molecule has 1 aliphatic heterocycles. The molecule has 0 bridgehead atoms. The lowest BCUT2D eigenvalue weighted by Crippen LogP contribution is -2.58. The van der Waals surface area contributed by atoms with Crippen molar-refractivity contribution >= 4 is 11.9 Å².